The van der Waals surface area contributed by atoms with Gasteiger partial charge in [0.15, 0.2) is 6.61 Å². The highest BCUT2D eigenvalue weighted by Crippen LogP contribution is 2.19. The molecule has 0 unspecified atom stereocenters. The van der Waals surface area contributed by atoms with Crippen molar-refractivity contribution in [3.63, 3.8) is 0 Å². The average molecular weight is 390 g/mol. The molecule has 28 heavy (non-hydrogen) atoms. The van der Waals surface area contributed by atoms with Gasteiger partial charge in [-0.3, -0.25) is 4.79 Å². The number of esters is 2. The van der Waals surface area contributed by atoms with Crippen LogP contribution in [-0.2, 0) is 20.8 Å². The third-order valence-corrected chi connectivity index (χ3v) is 4.35. The number of carbonyl (C=O) groups excluding carboxylic acids is 3. The summed E-state index contributed by atoms with van der Waals surface area (Å²) in [5.41, 5.74) is 1.87. The quantitative estimate of drug-likeness (QED) is 0.735. The Kier molecular flexibility index (Phi) is 6.92. The summed E-state index contributed by atoms with van der Waals surface area (Å²) in [4.78, 5) is 40.8. The summed E-state index contributed by atoms with van der Waals surface area (Å²) in [6, 6.07) is 5.96. The summed E-state index contributed by atoms with van der Waals surface area (Å²) < 4.78 is 23.1. The Hall–Kier alpha value is -3.16. The van der Waals surface area contributed by atoms with Gasteiger partial charge in [0.05, 0.1) is 12.7 Å². The van der Waals surface area contributed by atoms with E-state index < -0.39 is 24.5 Å². The van der Waals surface area contributed by atoms with Gasteiger partial charge >= 0.3 is 11.9 Å². The van der Waals surface area contributed by atoms with Gasteiger partial charge in [0, 0.05) is 18.8 Å². The second-order valence-corrected chi connectivity index (χ2v) is 6.23. The van der Waals surface area contributed by atoms with Crippen LogP contribution in [0, 0.1) is 19.7 Å². The fourth-order valence-corrected chi connectivity index (χ4v) is 2.89. The molecule has 0 aliphatic rings. The molecule has 0 saturated heterocycles. The number of methoxy groups -OCH3 is 1. The number of likely N-dealkylation sites (N-methyl/N-ethyl adjacent to an activating group) is 1. The Labute approximate surface area is 162 Å². The molecule has 0 spiro atoms. The van der Waals surface area contributed by atoms with Gasteiger partial charge in [0.1, 0.15) is 11.5 Å². The number of aromatic amines is 1. The van der Waals surface area contributed by atoms with E-state index >= 15 is 0 Å². The Bertz CT molecular complexity index is 891. The van der Waals surface area contributed by atoms with Crippen molar-refractivity contribution in [1.82, 2.24) is 9.88 Å². The Morgan fingerprint density at radius 1 is 1.18 bits per heavy atom. The van der Waals surface area contributed by atoms with Gasteiger partial charge in [0.25, 0.3) is 5.91 Å². The summed E-state index contributed by atoms with van der Waals surface area (Å²) in [5, 5.41) is 0. The zero-order valence-corrected chi connectivity index (χ0v) is 16.3. The molecular formula is C20H23FN2O5. The van der Waals surface area contributed by atoms with Crippen molar-refractivity contribution in [1.29, 1.82) is 0 Å². The van der Waals surface area contributed by atoms with Crippen LogP contribution in [0.2, 0.25) is 0 Å². The zero-order chi connectivity index (χ0) is 20.8. The number of amides is 1. The Morgan fingerprint density at radius 3 is 2.50 bits per heavy atom. The predicted molar refractivity (Wildman–Crippen MR) is 99.4 cm³/mol. The van der Waals surface area contributed by atoms with Crippen molar-refractivity contribution < 1.29 is 28.2 Å². The van der Waals surface area contributed by atoms with Gasteiger partial charge in [-0.05, 0) is 44.0 Å². The number of hydrogen-bond donors (Lipinski definition) is 1. The molecule has 1 aromatic carbocycles. The van der Waals surface area contributed by atoms with Crippen LogP contribution in [0.5, 0.6) is 0 Å². The van der Waals surface area contributed by atoms with E-state index in [1.54, 1.807) is 32.9 Å². The van der Waals surface area contributed by atoms with E-state index in [4.69, 9.17) is 9.47 Å². The summed E-state index contributed by atoms with van der Waals surface area (Å²) in [6.45, 7) is 5.13. The first-order valence-electron chi connectivity index (χ1n) is 8.75. The highest BCUT2D eigenvalue weighted by atomic mass is 19.1. The maximum atomic E-state index is 13.3. The molecular weight excluding hydrogens is 367 g/mol. The minimum Gasteiger partial charge on any atom is -0.465 e. The molecule has 1 amide bonds. The van der Waals surface area contributed by atoms with Crippen LogP contribution in [0.25, 0.3) is 0 Å². The minimum atomic E-state index is -0.745. The molecule has 7 nitrogen and oxygen atoms in total. The SMILES string of the molecule is CCN(Cc1cccc(F)c1)C(=O)COC(=O)c1[nH]c(C)c(C(=O)OC)c1C. The number of halogens is 1. The molecule has 1 heterocycles. The predicted octanol–water partition coefficient (Wildman–Crippen LogP) is 2.76. The third-order valence-electron chi connectivity index (χ3n) is 4.35. The second-order valence-electron chi connectivity index (χ2n) is 6.23. The standard InChI is InChI=1S/C20H23FN2O5/c1-5-23(10-14-7-6-8-15(21)9-14)16(24)11-28-20(26)18-12(2)17(13(3)22-18)19(25)27-4/h6-9,22H,5,10-11H2,1-4H3. The molecule has 0 radical (unpaired) electrons. The number of aromatic nitrogens is 1. The van der Waals surface area contributed by atoms with E-state index in [1.807, 2.05) is 0 Å². The lowest BCUT2D eigenvalue weighted by atomic mass is 10.1. The lowest BCUT2D eigenvalue weighted by Crippen LogP contribution is -2.34. The van der Waals surface area contributed by atoms with Gasteiger partial charge in [-0.25, -0.2) is 14.0 Å². The number of carbonyl (C=O) groups is 3. The zero-order valence-electron chi connectivity index (χ0n) is 16.3. The molecule has 1 N–H and O–H groups in total. The third kappa shape index (κ3) is 4.76. The van der Waals surface area contributed by atoms with Crippen molar-refractivity contribution in [2.75, 3.05) is 20.3 Å². The molecule has 0 aliphatic carbocycles. The highest BCUT2D eigenvalue weighted by Gasteiger charge is 2.24. The van der Waals surface area contributed by atoms with E-state index in [2.05, 4.69) is 4.98 Å². The molecule has 2 aromatic rings. The smallest absolute Gasteiger partial charge is 0.355 e. The van der Waals surface area contributed by atoms with Gasteiger partial charge < -0.3 is 19.4 Å². The summed E-state index contributed by atoms with van der Waals surface area (Å²) in [5.74, 6) is -2.10. The van der Waals surface area contributed by atoms with Gasteiger partial charge in [0.2, 0.25) is 0 Å². The lowest BCUT2D eigenvalue weighted by molar-refractivity contribution is -0.135. The number of H-pyrrole nitrogens is 1. The first-order chi connectivity index (χ1) is 13.3. The van der Waals surface area contributed by atoms with Crippen LogP contribution < -0.4 is 0 Å². The second kappa shape index (κ2) is 9.16. The monoisotopic (exact) mass is 390 g/mol. The normalized spacial score (nSPS) is 10.5. The van der Waals surface area contributed by atoms with Crippen molar-refractivity contribution in [3.8, 4) is 0 Å². The number of ether oxygens (including phenoxy) is 2. The number of nitrogens with one attached hydrogen (secondary N) is 1. The first kappa shape index (κ1) is 21.1. The Morgan fingerprint density at radius 2 is 1.89 bits per heavy atom. The number of hydrogen-bond acceptors (Lipinski definition) is 5. The summed E-state index contributed by atoms with van der Waals surface area (Å²) >= 11 is 0. The van der Waals surface area contributed by atoms with E-state index in [1.165, 1.54) is 24.1 Å². The van der Waals surface area contributed by atoms with Crippen LogP contribution in [0.1, 0.15) is 44.6 Å². The lowest BCUT2D eigenvalue weighted by Gasteiger charge is -2.20. The molecule has 150 valence electrons. The van der Waals surface area contributed by atoms with Crippen LogP contribution in [0.3, 0.4) is 0 Å². The molecule has 1 aromatic heterocycles. The van der Waals surface area contributed by atoms with Gasteiger partial charge in [-0.1, -0.05) is 12.1 Å². The topological polar surface area (TPSA) is 88.7 Å². The fourth-order valence-electron chi connectivity index (χ4n) is 2.89. The van der Waals surface area contributed by atoms with Gasteiger partial charge in [-0.15, -0.1) is 0 Å². The number of rotatable bonds is 7. The van der Waals surface area contributed by atoms with Crippen LogP contribution in [0.15, 0.2) is 24.3 Å². The molecule has 0 fully saturated rings. The molecule has 0 atom stereocenters. The maximum absolute atomic E-state index is 13.3. The van der Waals surface area contributed by atoms with E-state index in [0.29, 0.717) is 23.4 Å². The molecule has 0 saturated carbocycles. The first-order valence-corrected chi connectivity index (χ1v) is 8.75. The van der Waals surface area contributed by atoms with Crippen LogP contribution in [-0.4, -0.2) is 48.0 Å². The van der Waals surface area contributed by atoms with Crippen molar-refractivity contribution >= 4 is 17.8 Å². The minimum absolute atomic E-state index is 0.0962. The van der Waals surface area contributed by atoms with Crippen LogP contribution >= 0.6 is 0 Å². The van der Waals surface area contributed by atoms with E-state index in [-0.39, 0.29) is 23.6 Å². The number of benzene rings is 1. The molecule has 0 aliphatic heterocycles. The highest BCUT2D eigenvalue weighted by molar-refractivity contribution is 5.99. The molecule has 2 rings (SSSR count). The van der Waals surface area contributed by atoms with Crippen molar-refractivity contribution in [2.45, 2.75) is 27.3 Å². The number of aryl methyl sites for hydroxylation is 1. The van der Waals surface area contributed by atoms with Crippen LogP contribution in [0.4, 0.5) is 4.39 Å². The molecule has 8 heteroatoms. The van der Waals surface area contributed by atoms with Gasteiger partial charge in [-0.2, -0.15) is 0 Å². The van der Waals surface area contributed by atoms with E-state index in [9.17, 15) is 18.8 Å². The van der Waals surface area contributed by atoms with Crippen molar-refractivity contribution in [3.05, 3.63) is 58.2 Å². The fraction of sp³-hybridized carbons (Fsp3) is 0.350. The van der Waals surface area contributed by atoms with Crippen molar-refractivity contribution in [2.24, 2.45) is 0 Å². The molecule has 0 bridgehead atoms. The summed E-state index contributed by atoms with van der Waals surface area (Å²) in [7, 11) is 1.25. The Balaban J connectivity index is 2.03. The average Bonchev–Trinajstić information content (AvgIpc) is 2.97. The number of nitrogens with zero attached hydrogens (tertiary/aromatic N) is 1. The van der Waals surface area contributed by atoms with E-state index in [0.717, 1.165) is 0 Å². The summed E-state index contributed by atoms with van der Waals surface area (Å²) in [6.07, 6.45) is 0. The maximum Gasteiger partial charge on any atom is 0.355 e. The largest absolute Gasteiger partial charge is 0.465 e.